The molecule has 7 nitrogen and oxygen atoms in total. The average Bonchev–Trinajstić information content (AvgIpc) is 3.65. The number of nitrogens with zero attached hydrogens (tertiary/aromatic N) is 5. The Morgan fingerprint density at radius 1 is 0.977 bits per heavy atom. The van der Waals surface area contributed by atoms with Gasteiger partial charge >= 0.3 is 12.4 Å². The molecule has 14 heteroatoms. The van der Waals surface area contributed by atoms with Gasteiger partial charge in [-0.3, -0.25) is 4.79 Å². The Bertz CT molecular complexity index is 1430. The molecule has 0 spiro atoms. The quantitative estimate of drug-likeness (QED) is 0.307. The van der Waals surface area contributed by atoms with Crippen molar-refractivity contribution >= 4 is 5.91 Å². The fourth-order valence-corrected chi connectivity index (χ4v) is 6.28. The molecule has 2 aromatic carbocycles. The number of amides is 1. The van der Waals surface area contributed by atoms with Gasteiger partial charge in [0.05, 0.1) is 17.2 Å². The smallest absolute Gasteiger partial charge is 0.351 e. The van der Waals surface area contributed by atoms with Crippen LogP contribution >= 0.6 is 0 Å². The third-order valence-corrected chi connectivity index (χ3v) is 8.73. The number of hydrogen-bond donors (Lipinski definition) is 1. The van der Waals surface area contributed by atoms with E-state index in [0.29, 0.717) is 31.4 Å². The third-order valence-electron chi connectivity index (χ3n) is 8.73. The van der Waals surface area contributed by atoms with Gasteiger partial charge in [-0.1, -0.05) is 12.1 Å². The van der Waals surface area contributed by atoms with Crippen LogP contribution in [0.25, 0.3) is 0 Å². The van der Waals surface area contributed by atoms with Crippen molar-refractivity contribution < 1.29 is 35.5 Å². The Kier molecular flexibility index (Phi) is 8.76. The first-order chi connectivity index (χ1) is 20.7. The maximum atomic E-state index is 13.9. The van der Waals surface area contributed by atoms with Crippen LogP contribution < -0.4 is 5.32 Å². The van der Waals surface area contributed by atoms with E-state index in [1.165, 1.54) is 16.9 Å². The predicted octanol–water partition coefficient (Wildman–Crippen LogP) is 6.42. The second kappa shape index (κ2) is 12.1. The molecule has 0 radical (unpaired) electrons. The number of likely N-dealkylation sites (tertiary alicyclic amines) is 1. The van der Waals surface area contributed by atoms with Crippen molar-refractivity contribution in [1.29, 1.82) is 0 Å². The number of benzene rings is 2. The molecule has 1 aliphatic heterocycles. The Balaban J connectivity index is 1.35. The molecule has 2 aliphatic rings. The van der Waals surface area contributed by atoms with Gasteiger partial charge in [0.15, 0.2) is 5.82 Å². The molecule has 0 bridgehead atoms. The van der Waals surface area contributed by atoms with Crippen LogP contribution in [0.5, 0.6) is 0 Å². The van der Waals surface area contributed by atoms with Gasteiger partial charge in [0, 0.05) is 12.6 Å². The Morgan fingerprint density at radius 2 is 1.59 bits per heavy atom. The van der Waals surface area contributed by atoms with Gasteiger partial charge in [0.25, 0.3) is 0 Å². The molecular formula is C30H33F7N6O. The lowest BCUT2D eigenvalue weighted by atomic mass is 9.83. The van der Waals surface area contributed by atoms with Gasteiger partial charge < -0.3 is 10.2 Å². The number of alkyl halides is 6. The lowest BCUT2D eigenvalue weighted by Gasteiger charge is -2.37. The number of rotatable bonds is 7. The molecule has 2 fully saturated rings. The molecule has 1 saturated heterocycles. The van der Waals surface area contributed by atoms with Crippen molar-refractivity contribution in [2.45, 2.75) is 88.3 Å². The first-order valence-electron chi connectivity index (χ1n) is 14.5. The SMILES string of the molecule is CC(C)n1nnc(C2(C(=O)NCc3cc(C(F)(F)F)cc(C(F)(F)F)c3)CCC(N3CCC(c4ccc(F)cc4)CC3)C2)n1. The maximum Gasteiger partial charge on any atom is 0.416 e. The van der Waals surface area contributed by atoms with E-state index >= 15 is 0 Å². The minimum atomic E-state index is -5.00. The van der Waals surface area contributed by atoms with E-state index in [4.69, 9.17) is 0 Å². The van der Waals surface area contributed by atoms with Crippen LogP contribution in [-0.2, 0) is 29.1 Å². The summed E-state index contributed by atoms with van der Waals surface area (Å²) in [5, 5.41) is 15.3. The summed E-state index contributed by atoms with van der Waals surface area (Å²) in [7, 11) is 0. The van der Waals surface area contributed by atoms with Crippen molar-refractivity contribution in [3.05, 3.63) is 76.4 Å². The van der Waals surface area contributed by atoms with Crippen LogP contribution in [0.4, 0.5) is 30.7 Å². The highest BCUT2D eigenvalue weighted by Gasteiger charge is 2.51. The summed E-state index contributed by atoms with van der Waals surface area (Å²) in [5.74, 6) is -0.408. The van der Waals surface area contributed by atoms with Crippen molar-refractivity contribution in [3.8, 4) is 0 Å². The van der Waals surface area contributed by atoms with E-state index in [-0.39, 0.29) is 41.3 Å². The third kappa shape index (κ3) is 6.74. The fraction of sp³-hybridized carbons (Fsp3) is 0.533. The molecule has 238 valence electrons. The molecule has 1 aromatic heterocycles. The summed E-state index contributed by atoms with van der Waals surface area (Å²) in [6, 6.07) is 7.60. The van der Waals surface area contributed by atoms with Crippen molar-refractivity contribution in [2.75, 3.05) is 13.1 Å². The summed E-state index contributed by atoms with van der Waals surface area (Å²) in [6.45, 7) is 4.64. The normalized spacial score (nSPS) is 22.1. The van der Waals surface area contributed by atoms with Gasteiger partial charge in [-0.25, -0.2) is 4.39 Å². The van der Waals surface area contributed by atoms with Crippen molar-refractivity contribution in [1.82, 2.24) is 30.4 Å². The van der Waals surface area contributed by atoms with Gasteiger partial charge in [0.2, 0.25) is 5.91 Å². The summed E-state index contributed by atoms with van der Waals surface area (Å²) >= 11 is 0. The lowest BCUT2D eigenvalue weighted by molar-refractivity contribution is -0.143. The zero-order valence-electron chi connectivity index (χ0n) is 24.2. The minimum absolute atomic E-state index is 0.0219. The highest BCUT2D eigenvalue weighted by Crippen LogP contribution is 2.44. The van der Waals surface area contributed by atoms with Gasteiger partial charge in [-0.2, -0.15) is 31.1 Å². The van der Waals surface area contributed by atoms with E-state index in [1.54, 1.807) is 12.1 Å². The first kappa shape index (κ1) is 31.9. The zero-order chi connectivity index (χ0) is 31.9. The molecule has 1 aliphatic carbocycles. The molecule has 2 heterocycles. The number of aromatic nitrogens is 4. The van der Waals surface area contributed by atoms with E-state index < -0.39 is 41.3 Å². The van der Waals surface area contributed by atoms with Crippen LogP contribution in [0.1, 0.15) is 86.0 Å². The number of carbonyl (C=O) groups excluding carboxylic acids is 1. The van der Waals surface area contributed by atoms with E-state index in [2.05, 4.69) is 25.6 Å². The molecule has 2 unspecified atom stereocenters. The number of tetrazole rings is 1. The maximum absolute atomic E-state index is 13.9. The number of halogens is 7. The van der Waals surface area contributed by atoms with Crippen molar-refractivity contribution in [3.63, 3.8) is 0 Å². The minimum Gasteiger partial charge on any atom is -0.351 e. The number of hydrogen-bond acceptors (Lipinski definition) is 5. The zero-order valence-corrected chi connectivity index (χ0v) is 24.2. The first-order valence-corrected chi connectivity index (χ1v) is 14.5. The molecule has 3 aromatic rings. The van der Waals surface area contributed by atoms with Crippen LogP contribution in [0, 0.1) is 5.82 Å². The number of carbonyl (C=O) groups is 1. The van der Waals surface area contributed by atoms with Gasteiger partial charge in [-0.05, 0) is 112 Å². The Hall–Kier alpha value is -3.55. The van der Waals surface area contributed by atoms with E-state index in [0.717, 1.165) is 31.5 Å². The van der Waals surface area contributed by atoms with Crippen LogP contribution in [-0.4, -0.2) is 50.1 Å². The van der Waals surface area contributed by atoms with Crippen molar-refractivity contribution in [2.24, 2.45) is 0 Å². The second-order valence-corrected chi connectivity index (χ2v) is 12.0. The monoisotopic (exact) mass is 626 g/mol. The van der Waals surface area contributed by atoms with Crippen LogP contribution in [0.15, 0.2) is 42.5 Å². The Morgan fingerprint density at radius 3 is 2.14 bits per heavy atom. The highest BCUT2D eigenvalue weighted by atomic mass is 19.4. The summed E-state index contributed by atoms with van der Waals surface area (Å²) in [5.41, 5.74) is -3.41. The molecule has 44 heavy (non-hydrogen) atoms. The van der Waals surface area contributed by atoms with Crippen LogP contribution in [0.2, 0.25) is 0 Å². The molecule has 1 saturated carbocycles. The fourth-order valence-electron chi connectivity index (χ4n) is 6.28. The standard InChI is InChI=1S/C30H33F7N6O/c1-18(2)43-40-26(39-41-43)28(27(44)38-17-19-13-22(29(32,33)34)15-23(14-19)30(35,36)37)10-7-25(16-28)42-11-8-21(9-12-42)20-3-5-24(31)6-4-20/h3-6,13-15,18,21,25H,7-12,16-17H2,1-2H3,(H,38,44). The lowest BCUT2D eigenvalue weighted by Crippen LogP contribution is -2.46. The molecule has 5 rings (SSSR count). The second-order valence-electron chi connectivity index (χ2n) is 12.0. The topological polar surface area (TPSA) is 75.9 Å². The number of nitrogens with one attached hydrogen (secondary N) is 1. The average molecular weight is 627 g/mol. The summed E-state index contributed by atoms with van der Waals surface area (Å²) in [4.78, 5) is 17.5. The summed E-state index contributed by atoms with van der Waals surface area (Å²) < 4.78 is 93.7. The van der Waals surface area contributed by atoms with E-state index in [9.17, 15) is 35.5 Å². The van der Waals surface area contributed by atoms with E-state index in [1.807, 2.05) is 13.8 Å². The molecular weight excluding hydrogens is 593 g/mol. The Labute approximate surface area is 249 Å². The molecule has 1 amide bonds. The van der Waals surface area contributed by atoms with Gasteiger partial charge in [-0.15, -0.1) is 10.2 Å². The van der Waals surface area contributed by atoms with Gasteiger partial charge in [0.1, 0.15) is 11.2 Å². The largest absolute Gasteiger partial charge is 0.416 e. The predicted molar refractivity (Wildman–Crippen MR) is 146 cm³/mol. The summed E-state index contributed by atoms with van der Waals surface area (Å²) in [6.07, 6.45) is -7.03. The highest BCUT2D eigenvalue weighted by molar-refractivity contribution is 5.87. The molecule has 1 N–H and O–H groups in total. The molecule has 2 atom stereocenters. The number of piperidine rings is 1. The van der Waals surface area contributed by atoms with Crippen LogP contribution in [0.3, 0.4) is 0 Å².